The lowest BCUT2D eigenvalue weighted by Crippen LogP contribution is -2.42. The van der Waals surface area contributed by atoms with Gasteiger partial charge >= 0.3 is 6.03 Å². The SMILES string of the molecule is CCOc1ccc(C(=O)CN2C(=O)N[C@](C)(c3cc(F)ccc3F)C2=O)cc1. The van der Waals surface area contributed by atoms with Crippen LogP contribution in [0.3, 0.4) is 0 Å². The molecule has 1 atom stereocenters. The number of nitrogens with one attached hydrogen (secondary N) is 1. The molecular weight excluding hydrogens is 370 g/mol. The normalized spacial score (nSPS) is 18.9. The van der Waals surface area contributed by atoms with Crippen molar-refractivity contribution in [2.45, 2.75) is 19.4 Å². The summed E-state index contributed by atoms with van der Waals surface area (Å²) >= 11 is 0. The lowest BCUT2D eigenvalue weighted by molar-refractivity contribution is -0.130. The van der Waals surface area contributed by atoms with E-state index in [9.17, 15) is 23.2 Å². The number of carbonyl (C=O) groups is 3. The molecule has 0 unspecified atom stereocenters. The number of hydrogen-bond donors (Lipinski definition) is 1. The van der Waals surface area contributed by atoms with Crippen LogP contribution in [0, 0.1) is 11.6 Å². The largest absolute Gasteiger partial charge is 0.494 e. The molecule has 0 radical (unpaired) electrons. The van der Waals surface area contributed by atoms with Gasteiger partial charge in [-0.1, -0.05) is 0 Å². The molecule has 0 aliphatic carbocycles. The Kier molecular flexibility index (Phi) is 5.13. The Bertz CT molecular complexity index is 946. The highest BCUT2D eigenvalue weighted by atomic mass is 19.1. The summed E-state index contributed by atoms with van der Waals surface area (Å²) in [7, 11) is 0. The van der Waals surface area contributed by atoms with E-state index >= 15 is 0 Å². The molecule has 2 aromatic carbocycles. The predicted octanol–water partition coefficient (Wildman–Crippen LogP) is 3.01. The summed E-state index contributed by atoms with van der Waals surface area (Å²) in [5, 5.41) is 2.36. The number of halogens is 2. The second kappa shape index (κ2) is 7.38. The minimum absolute atomic E-state index is 0.287. The summed E-state index contributed by atoms with van der Waals surface area (Å²) < 4.78 is 33.0. The van der Waals surface area contributed by atoms with Gasteiger partial charge in [-0.25, -0.2) is 13.6 Å². The number of benzene rings is 2. The molecule has 1 N–H and O–H groups in total. The Morgan fingerprint density at radius 1 is 1.14 bits per heavy atom. The first-order valence-corrected chi connectivity index (χ1v) is 8.62. The van der Waals surface area contributed by atoms with Crippen molar-refractivity contribution >= 4 is 17.7 Å². The zero-order valence-corrected chi connectivity index (χ0v) is 15.3. The molecule has 0 bridgehead atoms. The van der Waals surface area contributed by atoms with Gasteiger partial charge in [-0.3, -0.25) is 14.5 Å². The van der Waals surface area contributed by atoms with Crippen LogP contribution in [0.4, 0.5) is 13.6 Å². The summed E-state index contributed by atoms with van der Waals surface area (Å²) in [5.74, 6) is -2.30. The predicted molar refractivity (Wildman–Crippen MR) is 95.9 cm³/mol. The third kappa shape index (κ3) is 3.45. The van der Waals surface area contributed by atoms with Crippen molar-refractivity contribution in [1.82, 2.24) is 10.2 Å². The van der Waals surface area contributed by atoms with Crippen LogP contribution < -0.4 is 10.1 Å². The highest BCUT2D eigenvalue weighted by Gasteiger charge is 2.50. The van der Waals surface area contributed by atoms with Crippen LogP contribution in [0.1, 0.15) is 29.8 Å². The smallest absolute Gasteiger partial charge is 0.325 e. The van der Waals surface area contributed by atoms with E-state index in [1.165, 1.54) is 19.1 Å². The van der Waals surface area contributed by atoms with E-state index in [1.807, 2.05) is 6.92 Å². The van der Waals surface area contributed by atoms with Crippen molar-refractivity contribution in [2.24, 2.45) is 0 Å². The molecule has 0 aromatic heterocycles. The summed E-state index contributed by atoms with van der Waals surface area (Å²) in [5.41, 5.74) is -1.82. The Morgan fingerprint density at radius 3 is 2.46 bits per heavy atom. The summed E-state index contributed by atoms with van der Waals surface area (Å²) in [6.45, 7) is 3.05. The number of nitrogens with zero attached hydrogens (tertiary/aromatic N) is 1. The van der Waals surface area contributed by atoms with E-state index < -0.39 is 41.4 Å². The van der Waals surface area contributed by atoms with Crippen molar-refractivity contribution in [3.63, 3.8) is 0 Å². The van der Waals surface area contributed by atoms with Crippen LogP contribution in [-0.4, -0.2) is 35.8 Å². The van der Waals surface area contributed by atoms with Gasteiger partial charge in [0, 0.05) is 11.1 Å². The van der Waals surface area contributed by atoms with Crippen LogP contribution in [0.15, 0.2) is 42.5 Å². The van der Waals surface area contributed by atoms with Crippen molar-refractivity contribution in [1.29, 1.82) is 0 Å². The number of amides is 3. The first-order chi connectivity index (χ1) is 13.3. The molecule has 3 amide bonds. The third-order valence-corrected chi connectivity index (χ3v) is 4.53. The first-order valence-electron chi connectivity index (χ1n) is 8.62. The van der Waals surface area contributed by atoms with E-state index in [0.717, 1.165) is 18.2 Å². The number of hydrogen-bond acceptors (Lipinski definition) is 4. The van der Waals surface area contributed by atoms with Crippen LogP contribution >= 0.6 is 0 Å². The molecule has 6 nitrogen and oxygen atoms in total. The highest BCUT2D eigenvalue weighted by Crippen LogP contribution is 2.31. The molecule has 146 valence electrons. The van der Waals surface area contributed by atoms with E-state index in [-0.39, 0.29) is 11.1 Å². The fourth-order valence-electron chi connectivity index (χ4n) is 3.04. The summed E-state index contributed by atoms with van der Waals surface area (Å²) in [6.07, 6.45) is 0. The molecule has 0 saturated carbocycles. The fourth-order valence-corrected chi connectivity index (χ4v) is 3.04. The number of urea groups is 1. The van der Waals surface area contributed by atoms with Gasteiger partial charge in [-0.15, -0.1) is 0 Å². The average Bonchev–Trinajstić information content (AvgIpc) is 2.88. The second-order valence-corrected chi connectivity index (χ2v) is 6.45. The number of imide groups is 1. The lowest BCUT2D eigenvalue weighted by Gasteiger charge is -2.22. The monoisotopic (exact) mass is 388 g/mol. The highest BCUT2D eigenvalue weighted by molar-refractivity contribution is 6.11. The maximum absolute atomic E-state index is 14.2. The number of ether oxygens (including phenoxy) is 1. The molecule has 1 aliphatic heterocycles. The van der Waals surface area contributed by atoms with Gasteiger partial charge in [0.15, 0.2) is 5.78 Å². The van der Waals surface area contributed by atoms with E-state index in [4.69, 9.17) is 4.74 Å². The first kappa shape index (κ1) is 19.5. The van der Waals surface area contributed by atoms with Crippen LogP contribution in [-0.2, 0) is 10.3 Å². The molecule has 1 saturated heterocycles. The van der Waals surface area contributed by atoms with Crippen LogP contribution in [0.25, 0.3) is 0 Å². The third-order valence-electron chi connectivity index (χ3n) is 4.53. The Balaban J connectivity index is 1.82. The molecular formula is C20H18F2N2O4. The van der Waals surface area contributed by atoms with Crippen molar-refractivity contribution < 1.29 is 27.9 Å². The Hall–Kier alpha value is -3.29. The minimum atomic E-state index is -1.80. The van der Waals surface area contributed by atoms with Crippen molar-refractivity contribution in [3.05, 3.63) is 65.2 Å². The minimum Gasteiger partial charge on any atom is -0.494 e. The standard InChI is InChI=1S/C20H18F2N2O4/c1-3-28-14-7-4-12(5-8-14)17(25)11-24-18(26)20(2,23-19(24)27)15-10-13(21)6-9-16(15)22/h4-10H,3,11H2,1-2H3,(H,23,27)/t20-/m1/s1. The summed E-state index contributed by atoms with van der Waals surface area (Å²) in [6, 6.07) is 8.05. The molecule has 3 rings (SSSR count). The lowest BCUT2D eigenvalue weighted by atomic mass is 9.91. The Morgan fingerprint density at radius 2 is 1.82 bits per heavy atom. The average molecular weight is 388 g/mol. The molecule has 1 aliphatic rings. The molecule has 28 heavy (non-hydrogen) atoms. The fraction of sp³-hybridized carbons (Fsp3) is 0.250. The van der Waals surface area contributed by atoms with Crippen LogP contribution in [0.5, 0.6) is 5.75 Å². The number of rotatable bonds is 6. The maximum Gasteiger partial charge on any atom is 0.325 e. The van der Waals surface area contributed by atoms with E-state index in [2.05, 4.69) is 5.32 Å². The number of Topliss-reactive ketones (excluding diaryl/α,β-unsaturated/α-hetero) is 1. The van der Waals surface area contributed by atoms with Gasteiger partial charge in [-0.2, -0.15) is 0 Å². The van der Waals surface area contributed by atoms with Gasteiger partial charge in [-0.05, 0) is 56.3 Å². The van der Waals surface area contributed by atoms with Gasteiger partial charge in [0.2, 0.25) is 0 Å². The zero-order valence-electron chi connectivity index (χ0n) is 15.3. The maximum atomic E-state index is 14.2. The van der Waals surface area contributed by atoms with Gasteiger partial charge < -0.3 is 10.1 Å². The number of ketones is 1. The van der Waals surface area contributed by atoms with Crippen molar-refractivity contribution in [3.8, 4) is 5.75 Å². The molecule has 1 fully saturated rings. The van der Waals surface area contributed by atoms with Gasteiger partial charge in [0.25, 0.3) is 5.91 Å². The molecule has 2 aromatic rings. The molecule has 0 spiro atoms. The topological polar surface area (TPSA) is 75.7 Å². The zero-order chi connectivity index (χ0) is 20.5. The molecule has 1 heterocycles. The van der Waals surface area contributed by atoms with Crippen molar-refractivity contribution in [2.75, 3.05) is 13.2 Å². The quantitative estimate of drug-likeness (QED) is 0.610. The second-order valence-electron chi connectivity index (χ2n) is 6.45. The Labute approximate surface area is 160 Å². The van der Waals surface area contributed by atoms with E-state index in [1.54, 1.807) is 12.1 Å². The molecule has 8 heteroatoms. The summed E-state index contributed by atoms with van der Waals surface area (Å²) in [4.78, 5) is 38.2. The van der Waals surface area contributed by atoms with Gasteiger partial charge in [0.05, 0.1) is 13.2 Å². The van der Waals surface area contributed by atoms with E-state index in [0.29, 0.717) is 17.3 Å². The van der Waals surface area contributed by atoms with Crippen LogP contribution in [0.2, 0.25) is 0 Å². The van der Waals surface area contributed by atoms with Gasteiger partial charge in [0.1, 0.15) is 22.9 Å². The number of carbonyl (C=O) groups excluding carboxylic acids is 3.